The van der Waals surface area contributed by atoms with E-state index in [4.69, 9.17) is 18.5 Å². The highest BCUT2D eigenvalue weighted by Gasteiger charge is 2.21. The summed E-state index contributed by atoms with van der Waals surface area (Å²) in [5, 5.41) is 0. The van der Waals surface area contributed by atoms with Gasteiger partial charge in [-0.25, -0.2) is 0 Å². The van der Waals surface area contributed by atoms with Gasteiger partial charge in [-0.05, 0) is 38.5 Å². The van der Waals surface area contributed by atoms with Crippen molar-refractivity contribution in [3.05, 3.63) is 12.2 Å². The molecule has 278 valence electrons. The number of esters is 2. The normalized spacial score (nSPS) is 13.9. The average molecular weight is 690 g/mol. The number of unbranched alkanes of at least 4 members (excludes halogenated alkanes) is 18. The van der Waals surface area contributed by atoms with Crippen LogP contribution in [0.1, 0.15) is 162 Å². The molecule has 0 aliphatic rings. The number of carbonyl (C=O) groups excluding carboxylic acids is 2. The van der Waals surface area contributed by atoms with Crippen molar-refractivity contribution < 1.29 is 42.1 Å². The zero-order valence-electron chi connectivity index (χ0n) is 31.0. The predicted molar refractivity (Wildman–Crippen MR) is 190 cm³/mol. The highest BCUT2D eigenvalue weighted by atomic mass is 31.2. The van der Waals surface area contributed by atoms with Gasteiger partial charge in [0.05, 0.1) is 27.7 Å². The van der Waals surface area contributed by atoms with E-state index >= 15 is 0 Å². The van der Waals surface area contributed by atoms with Gasteiger partial charge in [-0.3, -0.25) is 14.2 Å². The van der Waals surface area contributed by atoms with Crippen LogP contribution in [0.3, 0.4) is 0 Å². The lowest BCUT2D eigenvalue weighted by atomic mass is 10.1. The Bertz CT molecular complexity index is 830. The van der Waals surface area contributed by atoms with Crippen molar-refractivity contribution in [2.75, 3.05) is 47.5 Å². The molecule has 0 aromatic rings. The lowest BCUT2D eigenvalue weighted by Crippen LogP contribution is -2.37. The molecule has 47 heavy (non-hydrogen) atoms. The Morgan fingerprint density at radius 1 is 0.638 bits per heavy atom. The van der Waals surface area contributed by atoms with Crippen molar-refractivity contribution >= 4 is 19.8 Å². The minimum absolute atomic E-state index is 0.0296. The third-order valence-corrected chi connectivity index (χ3v) is 9.00. The number of allylic oxidation sites excluding steroid dienone is 2. The van der Waals surface area contributed by atoms with Crippen molar-refractivity contribution in [3.8, 4) is 0 Å². The van der Waals surface area contributed by atoms with Gasteiger partial charge in [0.1, 0.15) is 19.8 Å². The first-order valence-corrected chi connectivity index (χ1v) is 20.4. The van der Waals surface area contributed by atoms with Crippen molar-refractivity contribution in [2.45, 2.75) is 168 Å². The van der Waals surface area contributed by atoms with E-state index in [9.17, 15) is 19.0 Å². The van der Waals surface area contributed by atoms with Crippen LogP contribution in [-0.4, -0.2) is 70.0 Å². The van der Waals surface area contributed by atoms with Gasteiger partial charge < -0.3 is 27.9 Å². The summed E-state index contributed by atoms with van der Waals surface area (Å²) in [6.45, 7) is 4.16. The van der Waals surface area contributed by atoms with Gasteiger partial charge in [0.15, 0.2) is 6.10 Å². The molecule has 0 N–H and O–H groups in total. The SMILES string of the molecule is CCCCCCCC/C=C/CCCCCCCC(=O)OC[C@@H](COP(=O)([O-])OCC[N+](C)(C)C)OC(=O)CCCCCCCCCC. The smallest absolute Gasteiger partial charge is 0.306 e. The molecule has 0 aromatic heterocycles. The van der Waals surface area contributed by atoms with Crippen LogP contribution in [0.4, 0.5) is 0 Å². The zero-order valence-corrected chi connectivity index (χ0v) is 31.9. The van der Waals surface area contributed by atoms with Crippen LogP contribution in [0.2, 0.25) is 0 Å². The van der Waals surface area contributed by atoms with E-state index < -0.39 is 32.5 Å². The minimum atomic E-state index is -4.61. The summed E-state index contributed by atoms with van der Waals surface area (Å²) < 4.78 is 33.6. The molecule has 0 spiro atoms. The molecular formula is C37H72NO8P. The number of hydrogen-bond acceptors (Lipinski definition) is 8. The monoisotopic (exact) mass is 689 g/mol. The molecule has 0 radical (unpaired) electrons. The molecule has 0 saturated heterocycles. The fraction of sp³-hybridized carbons (Fsp3) is 0.892. The molecule has 2 atom stereocenters. The van der Waals surface area contributed by atoms with E-state index in [0.717, 1.165) is 57.8 Å². The molecule has 0 aromatic carbocycles. The van der Waals surface area contributed by atoms with Crippen LogP contribution in [-0.2, 0) is 32.7 Å². The number of carbonyl (C=O) groups is 2. The number of phosphoric acid groups is 1. The fourth-order valence-corrected chi connectivity index (χ4v) is 5.73. The van der Waals surface area contributed by atoms with Crippen LogP contribution in [0.5, 0.6) is 0 Å². The first kappa shape index (κ1) is 45.8. The molecule has 0 heterocycles. The Balaban J connectivity index is 4.38. The number of hydrogen-bond donors (Lipinski definition) is 0. The summed E-state index contributed by atoms with van der Waals surface area (Å²) in [4.78, 5) is 37.2. The maximum atomic E-state index is 12.5. The summed E-state index contributed by atoms with van der Waals surface area (Å²) in [5.41, 5.74) is 0. The van der Waals surface area contributed by atoms with Crippen LogP contribution < -0.4 is 4.89 Å². The van der Waals surface area contributed by atoms with Gasteiger partial charge in [-0.2, -0.15) is 0 Å². The van der Waals surface area contributed by atoms with E-state index in [-0.39, 0.29) is 26.1 Å². The second-order valence-corrected chi connectivity index (χ2v) is 15.4. The molecule has 0 rings (SSSR count). The third-order valence-electron chi connectivity index (χ3n) is 8.04. The van der Waals surface area contributed by atoms with Crippen LogP contribution in [0.15, 0.2) is 12.2 Å². The molecule has 0 bridgehead atoms. The van der Waals surface area contributed by atoms with Gasteiger partial charge >= 0.3 is 11.9 Å². The largest absolute Gasteiger partial charge is 0.756 e. The number of rotatable bonds is 34. The van der Waals surface area contributed by atoms with E-state index in [1.54, 1.807) is 0 Å². The Morgan fingerprint density at radius 2 is 1.09 bits per heavy atom. The lowest BCUT2D eigenvalue weighted by Gasteiger charge is -2.28. The molecule has 0 aliphatic carbocycles. The van der Waals surface area contributed by atoms with Crippen molar-refractivity contribution in [1.29, 1.82) is 0 Å². The van der Waals surface area contributed by atoms with Gasteiger partial charge in [0.2, 0.25) is 0 Å². The van der Waals surface area contributed by atoms with Crippen molar-refractivity contribution in [3.63, 3.8) is 0 Å². The number of nitrogens with zero attached hydrogens (tertiary/aromatic N) is 1. The zero-order chi connectivity index (χ0) is 35.1. The number of quaternary nitrogens is 1. The summed E-state index contributed by atoms with van der Waals surface area (Å²) in [5.74, 6) is -0.846. The van der Waals surface area contributed by atoms with Gasteiger partial charge in [-0.1, -0.05) is 122 Å². The number of likely N-dealkylation sites (N-methyl/N-ethyl adjacent to an activating group) is 1. The van der Waals surface area contributed by atoms with E-state index in [2.05, 4.69) is 26.0 Å². The minimum Gasteiger partial charge on any atom is -0.756 e. The third kappa shape index (κ3) is 34.4. The second kappa shape index (κ2) is 30.8. The summed E-state index contributed by atoms with van der Waals surface area (Å²) in [6, 6.07) is 0. The quantitative estimate of drug-likeness (QED) is 0.0216. The molecule has 0 aliphatic heterocycles. The maximum Gasteiger partial charge on any atom is 0.306 e. The van der Waals surface area contributed by atoms with Crippen molar-refractivity contribution in [1.82, 2.24) is 0 Å². The highest BCUT2D eigenvalue weighted by Crippen LogP contribution is 2.38. The number of phosphoric ester groups is 1. The Kier molecular flexibility index (Phi) is 30.0. The highest BCUT2D eigenvalue weighted by molar-refractivity contribution is 7.45. The van der Waals surface area contributed by atoms with Gasteiger partial charge in [-0.15, -0.1) is 0 Å². The van der Waals surface area contributed by atoms with Crippen LogP contribution in [0, 0.1) is 0 Å². The Labute approximate surface area is 288 Å². The van der Waals surface area contributed by atoms with Crippen LogP contribution in [0.25, 0.3) is 0 Å². The second-order valence-electron chi connectivity index (χ2n) is 13.9. The Hall–Kier alpha value is -1.25. The van der Waals surface area contributed by atoms with Crippen molar-refractivity contribution in [2.24, 2.45) is 0 Å². The van der Waals surface area contributed by atoms with Crippen LogP contribution >= 0.6 is 7.82 Å². The molecule has 0 amide bonds. The average Bonchev–Trinajstić information content (AvgIpc) is 3.01. The first-order chi connectivity index (χ1) is 22.5. The van der Waals surface area contributed by atoms with E-state index in [1.165, 1.54) is 70.6 Å². The number of ether oxygens (including phenoxy) is 2. The lowest BCUT2D eigenvalue weighted by molar-refractivity contribution is -0.870. The molecule has 0 saturated carbocycles. The maximum absolute atomic E-state index is 12.5. The molecule has 0 fully saturated rings. The molecular weight excluding hydrogens is 617 g/mol. The first-order valence-electron chi connectivity index (χ1n) is 18.9. The van der Waals surface area contributed by atoms with Gasteiger partial charge in [0, 0.05) is 12.8 Å². The van der Waals surface area contributed by atoms with E-state index in [1.807, 2.05) is 21.1 Å². The molecule has 10 heteroatoms. The predicted octanol–water partition coefficient (Wildman–Crippen LogP) is 9.22. The fourth-order valence-electron chi connectivity index (χ4n) is 5.00. The molecule has 1 unspecified atom stereocenters. The standard InChI is InChI=1S/C37H72NO8P/c1-6-8-10-12-14-16-17-18-19-20-21-22-24-25-27-29-36(39)43-33-35(34-45-47(41,42)44-32-31-38(3,4)5)46-37(40)30-28-26-23-15-13-11-9-7-2/h18-19,35H,6-17,20-34H2,1-5H3/b19-18+/t35-/m0/s1. The molecule has 9 nitrogen and oxygen atoms in total. The summed E-state index contributed by atoms with van der Waals surface area (Å²) >= 11 is 0. The van der Waals surface area contributed by atoms with E-state index in [0.29, 0.717) is 17.4 Å². The van der Waals surface area contributed by atoms with Gasteiger partial charge in [0.25, 0.3) is 7.82 Å². The summed E-state index contributed by atoms with van der Waals surface area (Å²) in [6.07, 6.45) is 28.2. The summed E-state index contributed by atoms with van der Waals surface area (Å²) in [7, 11) is 1.16. The topological polar surface area (TPSA) is 111 Å². The Morgan fingerprint density at radius 3 is 1.57 bits per heavy atom.